The van der Waals surface area contributed by atoms with E-state index in [1.165, 1.54) is 41.4 Å². The number of halogens is 1. The molecule has 1 aromatic heterocycles. The fraction of sp³-hybridized carbons (Fsp3) is 0.333. The van der Waals surface area contributed by atoms with Crippen LogP contribution in [-0.4, -0.2) is 59.5 Å². The molecule has 1 saturated heterocycles. The summed E-state index contributed by atoms with van der Waals surface area (Å²) in [7, 11) is 0. The third-order valence-electron chi connectivity index (χ3n) is 5.38. The SMILES string of the molecule is C[As](C)C1CCN(Cc2cc(-c3cccc(F)c3)cc3c([AsH2])ncnc23)C1. The predicted molar refractivity (Wildman–Crippen MR) is 114 cm³/mol. The van der Waals surface area contributed by atoms with Crippen LogP contribution in [0.5, 0.6) is 0 Å². The minimum atomic E-state index is -0.664. The Balaban J connectivity index is 1.76. The Morgan fingerprint density at radius 2 is 2.04 bits per heavy atom. The second-order valence-electron chi connectivity index (χ2n) is 7.44. The number of likely N-dealkylation sites (tertiary alicyclic amines) is 1. The van der Waals surface area contributed by atoms with E-state index in [-0.39, 0.29) is 5.82 Å². The molecule has 6 heteroatoms. The molecule has 2 aromatic carbocycles. The first-order chi connectivity index (χ1) is 13.0. The molecule has 2 unspecified atom stereocenters. The van der Waals surface area contributed by atoms with E-state index >= 15 is 0 Å². The standard InChI is InChI=1S/C21H24As2FN3/c1-23(2)17-6-7-27(12-17)11-16-8-15(14-4-3-5-18(24)9-14)10-19-20(16)25-13-26-21(19)22/h3-5,8-10,13,17H,6-7,11-12,22H2,1-2H3. The number of benzene rings is 2. The minimum absolute atomic E-state index is 0.205. The third kappa shape index (κ3) is 4.14. The van der Waals surface area contributed by atoms with Crippen molar-refractivity contribution in [1.82, 2.24) is 14.9 Å². The molecule has 0 saturated carbocycles. The summed E-state index contributed by atoms with van der Waals surface area (Å²) in [4.78, 5) is 11.6. The molecule has 1 fully saturated rings. The van der Waals surface area contributed by atoms with Gasteiger partial charge in [0, 0.05) is 0 Å². The van der Waals surface area contributed by atoms with Gasteiger partial charge >= 0.3 is 174 Å². The van der Waals surface area contributed by atoms with Crippen LogP contribution in [-0.2, 0) is 6.54 Å². The first-order valence-electron chi connectivity index (χ1n) is 9.19. The topological polar surface area (TPSA) is 29.0 Å². The molecule has 3 aromatic rings. The van der Waals surface area contributed by atoms with Crippen LogP contribution < -0.4 is 4.48 Å². The third-order valence-corrected chi connectivity index (χ3v) is 10.3. The molecule has 1 aliphatic rings. The van der Waals surface area contributed by atoms with Crippen LogP contribution in [0, 0.1) is 5.82 Å². The predicted octanol–water partition coefficient (Wildman–Crippen LogP) is 3.02. The van der Waals surface area contributed by atoms with Gasteiger partial charge in [-0.3, -0.25) is 0 Å². The number of nitrogens with zero attached hydrogens (tertiary/aromatic N) is 3. The van der Waals surface area contributed by atoms with Crippen LogP contribution in [0.2, 0.25) is 16.1 Å². The van der Waals surface area contributed by atoms with Gasteiger partial charge in [-0.25, -0.2) is 0 Å². The van der Waals surface area contributed by atoms with Crippen molar-refractivity contribution in [3.8, 4) is 11.1 Å². The number of hydrogen-bond acceptors (Lipinski definition) is 3. The molecular formula is C21H24As2FN3. The molecule has 0 amide bonds. The van der Waals surface area contributed by atoms with Gasteiger partial charge in [-0.05, 0) is 0 Å². The fourth-order valence-electron chi connectivity index (χ4n) is 3.83. The molecule has 1 aliphatic heterocycles. The number of rotatable bonds is 4. The molecule has 4 rings (SSSR count). The zero-order chi connectivity index (χ0) is 19.0. The summed E-state index contributed by atoms with van der Waals surface area (Å²) in [6.07, 6.45) is 2.99. The zero-order valence-electron chi connectivity index (χ0n) is 15.7. The van der Waals surface area contributed by atoms with E-state index in [1.807, 2.05) is 6.07 Å². The zero-order valence-corrected chi connectivity index (χ0v) is 20.0. The Kier molecular flexibility index (Phi) is 5.69. The van der Waals surface area contributed by atoms with Crippen LogP contribution in [0.1, 0.15) is 12.0 Å². The van der Waals surface area contributed by atoms with Gasteiger partial charge in [0.2, 0.25) is 0 Å². The molecule has 0 N–H and O–H groups in total. The molecule has 140 valence electrons. The van der Waals surface area contributed by atoms with Crippen LogP contribution in [0.25, 0.3) is 22.0 Å². The van der Waals surface area contributed by atoms with Crippen molar-refractivity contribution in [2.45, 2.75) is 29.1 Å². The number of hydrogen-bond donors (Lipinski definition) is 0. The van der Waals surface area contributed by atoms with E-state index < -0.39 is 14.7 Å². The van der Waals surface area contributed by atoms with E-state index in [4.69, 9.17) is 0 Å². The van der Waals surface area contributed by atoms with Gasteiger partial charge in [0.25, 0.3) is 0 Å². The molecule has 0 radical (unpaired) electrons. The summed E-state index contributed by atoms with van der Waals surface area (Å²) >= 11 is 0.834. The van der Waals surface area contributed by atoms with Gasteiger partial charge in [0.15, 0.2) is 0 Å². The Morgan fingerprint density at radius 3 is 2.78 bits per heavy atom. The summed E-state index contributed by atoms with van der Waals surface area (Å²) in [5.41, 5.74) is 9.12. The van der Waals surface area contributed by atoms with Crippen molar-refractivity contribution in [2.24, 2.45) is 0 Å². The second kappa shape index (κ2) is 8.03. The monoisotopic (exact) mass is 487 g/mol. The summed E-state index contributed by atoms with van der Waals surface area (Å²) in [6, 6.07) is 11.1. The van der Waals surface area contributed by atoms with Crippen molar-refractivity contribution < 1.29 is 4.39 Å². The second-order valence-corrected chi connectivity index (χ2v) is 14.2. The van der Waals surface area contributed by atoms with E-state index in [2.05, 4.69) is 38.4 Å². The van der Waals surface area contributed by atoms with Crippen LogP contribution in [0.3, 0.4) is 0 Å². The van der Waals surface area contributed by atoms with Crippen molar-refractivity contribution in [2.75, 3.05) is 13.1 Å². The molecule has 0 aliphatic carbocycles. The molecule has 3 nitrogen and oxygen atoms in total. The summed E-state index contributed by atoms with van der Waals surface area (Å²) in [5, 5.41) is 1.09. The van der Waals surface area contributed by atoms with Crippen molar-refractivity contribution >= 4 is 46.9 Å². The maximum absolute atomic E-state index is 13.8. The first kappa shape index (κ1) is 19.1. The first-order valence-corrected chi connectivity index (χ1v) is 15.2. The quantitative estimate of drug-likeness (QED) is 0.531. The van der Waals surface area contributed by atoms with Crippen LogP contribution in [0.15, 0.2) is 42.7 Å². The van der Waals surface area contributed by atoms with Crippen molar-refractivity contribution in [1.29, 1.82) is 0 Å². The van der Waals surface area contributed by atoms with Gasteiger partial charge in [0.05, 0.1) is 0 Å². The van der Waals surface area contributed by atoms with E-state index in [9.17, 15) is 4.39 Å². The Hall–Kier alpha value is -1.21. The van der Waals surface area contributed by atoms with Crippen LogP contribution >= 0.6 is 0 Å². The van der Waals surface area contributed by atoms with E-state index in [0.717, 1.165) is 44.3 Å². The van der Waals surface area contributed by atoms with Gasteiger partial charge in [-0.15, -0.1) is 0 Å². The summed E-state index contributed by atoms with van der Waals surface area (Å²) in [6.45, 7) is 3.27. The fourth-order valence-corrected chi connectivity index (χ4v) is 6.93. The van der Waals surface area contributed by atoms with E-state index in [0.29, 0.717) is 0 Å². The number of fused-ring (bicyclic) bond motifs is 1. The summed E-state index contributed by atoms with van der Waals surface area (Å²) in [5.74, 6) is -0.205. The van der Waals surface area contributed by atoms with Crippen molar-refractivity contribution in [3.63, 3.8) is 0 Å². The molecule has 0 spiro atoms. The molecule has 27 heavy (non-hydrogen) atoms. The van der Waals surface area contributed by atoms with Gasteiger partial charge in [0.1, 0.15) is 0 Å². The van der Waals surface area contributed by atoms with Crippen molar-refractivity contribution in [3.05, 3.63) is 54.1 Å². The van der Waals surface area contributed by atoms with Crippen LogP contribution in [0.4, 0.5) is 4.39 Å². The van der Waals surface area contributed by atoms with Gasteiger partial charge in [-0.2, -0.15) is 0 Å². The van der Waals surface area contributed by atoms with Gasteiger partial charge < -0.3 is 0 Å². The van der Waals surface area contributed by atoms with Gasteiger partial charge in [-0.1, -0.05) is 0 Å². The Morgan fingerprint density at radius 1 is 1.19 bits per heavy atom. The van der Waals surface area contributed by atoms with E-state index in [1.54, 1.807) is 18.5 Å². The maximum atomic E-state index is 13.8. The number of aromatic nitrogens is 2. The molecule has 2 heterocycles. The normalized spacial score (nSPS) is 17.9. The average molecular weight is 487 g/mol. The Labute approximate surface area is 173 Å². The molecular weight excluding hydrogens is 463 g/mol. The molecule has 0 bridgehead atoms. The summed E-state index contributed by atoms with van der Waals surface area (Å²) < 4.78 is 15.7. The Bertz CT molecular complexity index is 977. The molecule has 2 atom stereocenters. The average Bonchev–Trinajstić information content (AvgIpc) is 3.11.